The van der Waals surface area contributed by atoms with Gasteiger partial charge in [0.15, 0.2) is 0 Å². The SMILES string of the molecule is Cc1cc2cc(CNCCO)oc2cc1C. The average molecular weight is 219 g/mol. The van der Waals surface area contributed by atoms with Gasteiger partial charge in [-0.05, 0) is 43.2 Å². The highest BCUT2D eigenvalue weighted by molar-refractivity contribution is 5.79. The van der Waals surface area contributed by atoms with E-state index in [1.807, 2.05) is 6.07 Å². The van der Waals surface area contributed by atoms with Crippen LogP contribution in [-0.4, -0.2) is 18.3 Å². The van der Waals surface area contributed by atoms with Crippen LogP contribution in [0.15, 0.2) is 22.6 Å². The van der Waals surface area contributed by atoms with Crippen LogP contribution in [0.2, 0.25) is 0 Å². The first-order valence-electron chi connectivity index (χ1n) is 5.52. The number of benzene rings is 1. The van der Waals surface area contributed by atoms with Crippen molar-refractivity contribution in [1.82, 2.24) is 5.32 Å². The fourth-order valence-electron chi connectivity index (χ4n) is 1.74. The second kappa shape index (κ2) is 4.68. The van der Waals surface area contributed by atoms with Gasteiger partial charge in [-0.15, -0.1) is 0 Å². The number of aryl methyl sites for hydroxylation is 2. The van der Waals surface area contributed by atoms with E-state index in [-0.39, 0.29) is 6.61 Å². The number of nitrogens with one attached hydrogen (secondary N) is 1. The monoisotopic (exact) mass is 219 g/mol. The number of aliphatic hydroxyl groups excluding tert-OH is 1. The molecule has 0 saturated carbocycles. The number of aliphatic hydroxyl groups is 1. The van der Waals surface area contributed by atoms with Crippen LogP contribution in [0.25, 0.3) is 11.0 Å². The molecule has 0 amide bonds. The smallest absolute Gasteiger partial charge is 0.134 e. The second-order valence-electron chi connectivity index (χ2n) is 4.09. The number of hydrogen-bond donors (Lipinski definition) is 2. The third-order valence-electron chi connectivity index (χ3n) is 2.77. The van der Waals surface area contributed by atoms with Crippen molar-refractivity contribution in [3.8, 4) is 0 Å². The molecule has 0 unspecified atom stereocenters. The molecule has 2 rings (SSSR count). The molecule has 0 saturated heterocycles. The molecule has 0 aliphatic rings. The first-order valence-corrected chi connectivity index (χ1v) is 5.52. The topological polar surface area (TPSA) is 45.4 Å². The Labute approximate surface area is 95.1 Å². The standard InChI is InChI=1S/C13H17NO2/c1-9-5-11-7-12(8-14-3-4-15)16-13(11)6-10(9)2/h5-7,14-15H,3-4,8H2,1-2H3. The number of fused-ring (bicyclic) bond motifs is 1. The summed E-state index contributed by atoms with van der Waals surface area (Å²) in [6.07, 6.45) is 0. The molecule has 1 aromatic heterocycles. The molecule has 3 heteroatoms. The Hall–Kier alpha value is -1.32. The van der Waals surface area contributed by atoms with Crippen molar-refractivity contribution in [2.45, 2.75) is 20.4 Å². The summed E-state index contributed by atoms with van der Waals surface area (Å²) in [5.41, 5.74) is 3.46. The molecule has 1 aromatic carbocycles. The third-order valence-corrected chi connectivity index (χ3v) is 2.77. The molecule has 16 heavy (non-hydrogen) atoms. The normalized spacial score (nSPS) is 11.2. The van der Waals surface area contributed by atoms with Gasteiger partial charge in [0.25, 0.3) is 0 Å². The van der Waals surface area contributed by atoms with Crippen molar-refractivity contribution < 1.29 is 9.52 Å². The van der Waals surface area contributed by atoms with Crippen LogP contribution in [0.3, 0.4) is 0 Å². The lowest BCUT2D eigenvalue weighted by molar-refractivity contribution is 0.290. The highest BCUT2D eigenvalue weighted by Crippen LogP contribution is 2.22. The quantitative estimate of drug-likeness (QED) is 0.774. The Morgan fingerprint density at radius 1 is 1.19 bits per heavy atom. The lowest BCUT2D eigenvalue weighted by atomic mass is 10.1. The van der Waals surface area contributed by atoms with E-state index < -0.39 is 0 Å². The predicted octanol–water partition coefficient (Wildman–Crippen LogP) is 2.13. The van der Waals surface area contributed by atoms with Crippen LogP contribution >= 0.6 is 0 Å². The predicted molar refractivity (Wildman–Crippen MR) is 64.5 cm³/mol. The van der Waals surface area contributed by atoms with Gasteiger partial charge in [-0.25, -0.2) is 0 Å². The maximum atomic E-state index is 8.66. The summed E-state index contributed by atoms with van der Waals surface area (Å²) in [4.78, 5) is 0. The van der Waals surface area contributed by atoms with E-state index in [4.69, 9.17) is 9.52 Å². The van der Waals surface area contributed by atoms with Gasteiger partial charge in [0.05, 0.1) is 13.2 Å². The molecule has 1 heterocycles. The number of hydrogen-bond acceptors (Lipinski definition) is 3. The number of rotatable bonds is 4. The Morgan fingerprint density at radius 2 is 1.94 bits per heavy atom. The first-order chi connectivity index (χ1) is 7.70. The summed E-state index contributed by atoms with van der Waals surface area (Å²) in [5.74, 6) is 0.911. The van der Waals surface area contributed by atoms with Crippen molar-refractivity contribution in [2.75, 3.05) is 13.2 Å². The molecular weight excluding hydrogens is 202 g/mol. The van der Waals surface area contributed by atoms with Gasteiger partial charge in [-0.2, -0.15) is 0 Å². The Morgan fingerprint density at radius 3 is 2.69 bits per heavy atom. The molecule has 0 aliphatic carbocycles. The molecule has 0 radical (unpaired) electrons. The van der Waals surface area contributed by atoms with Crippen LogP contribution < -0.4 is 5.32 Å². The molecule has 0 bridgehead atoms. The van der Waals surface area contributed by atoms with Crippen LogP contribution in [0, 0.1) is 13.8 Å². The largest absolute Gasteiger partial charge is 0.460 e. The summed E-state index contributed by atoms with van der Waals surface area (Å²) in [5, 5.41) is 12.9. The van der Waals surface area contributed by atoms with Crippen LogP contribution in [0.5, 0.6) is 0 Å². The Kier molecular flexibility index (Phi) is 3.27. The summed E-state index contributed by atoms with van der Waals surface area (Å²) in [6, 6.07) is 6.26. The van der Waals surface area contributed by atoms with E-state index >= 15 is 0 Å². The minimum Gasteiger partial charge on any atom is -0.460 e. The summed E-state index contributed by atoms with van der Waals surface area (Å²) in [6.45, 7) is 5.59. The third kappa shape index (κ3) is 2.26. The molecule has 0 spiro atoms. The average Bonchev–Trinajstić information content (AvgIpc) is 2.61. The lowest BCUT2D eigenvalue weighted by Gasteiger charge is -1.98. The molecule has 0 aliphatic heterocycles. The zero-order valence-corrected chi connectivity index (χ0v) is 9.71. The fourth-order valence-corrected chi connectivity index (χ4v) is 1.74. The van der Waals surface area contributed by atoms with Crippen molar-refractivity contribution in [1.29, 1.82) is 0 Å². The van der Waals surface area contributed by atoms with E-state index in [1.54, 1.807) is 0 Å². The highest BCUT2D eigenvalue weighted by atomic mass is 16.3. The minimum absolute atomic E-state index is 0.151. The minimum atomic E-state index is 0.151. The van der Waals surface area contributed by atoms with Crippen molar-refractivity contribution >= 4 is 11.0 Å². The molecule has 2 N–H and O–H groups in total. The molecule has 0 atom stereocenters. The lowest BCUT2D eigenvalue weighted by Crippen LogP contribution is -2.16. The maximum Gasteiger partial charge on any atom is 0.134 e. The van der Waals surface area contributed by atoms with Gasteiger partial charge in [-0.1, -0.05) is 0 Å². The summed E-state index contributed by atoms with van der Waals surface area (Å²) in [7, 11) is 0. The zero-order chi connectivity index (χ0) is 11.5. The first kappa shape index (κ1) is 11.2. The van der Waals surface area contributed by atoms with Crippen molar-refractivity contribution in [2.24, 2.45) is 0 Å². The van der Waals surface area contributed by atoms with Gasteiger partial charge in [-0.3, -0.25) is 0 Å². The molecule has 0 fully saturated rings. The molecular formula is C13H17NO2. The molecule has 2 aromatic rings. The molecule has 86 valence electrons. The number of furan rings is 1. The Bertz CT molecular complexity index is 449. The Balaban J connectivity index is 2.23. The van der Waals surface area contributed by atoms with Gasteiger partial charge in [0.1, 0.15) is 11.3 Å². The van der Waals surface area contributed by atoms with E-state index in [1.165, 1.54) is 11.1 Å². The van der Waals surface area contributed by atoms with Crippen molar-refractivity contribution in [3.63, 3.8) is 0 Å². The van der Waals surface area contributed by atoms with Crippen LogP contribution in [0.1, 0.15) is 16.9 Å². The van der Waals surface area contributed by atoms with E-state index in [0.29, 0.717) is 13.1 Å². The van der Waals surface area contributed by atoms with Gasteiger partial charge < -0.3 is 14.8 Å². The van der Waals surface area contributed by atoms with Gasteiger partial charge >= 0.3 is 0 Å². The molecule has 3 nitrogen and oxygen atoms in total. The van der Waals surface area contributed by atoms with E-state index in [0.717, 1.165) is 16.7 Å². The fraction of sp³-hybridized carbons (Fsp3) is 0.385. The summed E-state index contributed by atoms with van der Waals surface area (Å²) < 4.78 is 5.71. The van der Waals surface area contributed by atoms with Gasteiger partial charge in [0, 0.05) is 11.9 Å². The second-order valence-corrected chi connectivity index (χ2v) is 4.09. The van der Waals surface area contributed by atoms with E-state index in [9.17, 15) is 0 Å². The van der Waals surface area contributed by atoms with Crippen LogP contribution in [-0.2, 0) is 6.54 Å². The van der Waals surface area contributed by atoms with Crippen LogP contribution in [0.4, 0.5) is 0 Å². The zero-order valence-electron chi connectivity index (χ0n) is 9.71. The maximum absolute atomic E-state index is 8.66. The van der Waals surface area contributed by atoms with Gasteiger partial charge in [0.2, 0.25) is 0 Å². The van der Waals surface area contributed by atoms with E-state index in [2.05, 4.69) is 31.3 Å². The van der Waals surface area contributed by atoms with Crippen molar-refractivity contribution in [3.05, 3.63) is 35.1 Å². The highest BCUT2D eigenvalue weighted by Gasteiger charge is 2.05. The summed E-state index contributed by atoms with van der Waals surface area (Å²) >= 11 is 0.